The average Bonchev–Trinajstić information content (AvgIpc) is 2.38. The number of hydrogen-bond donors (Lipinski definition) is 2. The average molecular weight is 247 g/mol. The second-order valence-electron chi connectivity index (χ2n) is 3.61. The van der Waals surface area contributed by atoms with E-state index in [0.29, 0.717) is 13.2 Å². The quantitative estimate of drug-likeness (QED) is 0.745. The van der Waals surface area contributed by atoms with Crippen LogP contribution in [0.15, 0.2) is 30.6 Å². The van der Waals surface area contributed by atoms with Crippen molar-refractivity contribution < 1.29 is 14.6 Å². The van der Waals surface area contributed by atoms with Gasteiger partial charge in [0.25, 0.3) is 0 Å². The number of carboxylic acid groups (broad SMARTS) is 1. The van der Waals surface area contributed by atoms with Crippen LogP contribution in [0.1, 0.15) is 0 Å². The number of hydrogen-bond acceptors (Lipinski definition) is 5. The van der Waals surface area contributed by atoms with Gasteiger partial charge in [0, 0.05) is 11.9 Å². The van der Waals surface area contributed by atoms with Gasteiger partial charge in [0.2, 0.25) is 0 Å². The van der Waals surface area contributed by atoms with E-state index >= 15 is 0 Å². The lowest BCUT2D eigenvalue weighted by Gasteiger charge is -2.07. The Morgan fingerprint density at radius 1 is 1.33 bits per heavy atom. The second kappa shape index (κ2) is 5.92. The fraction of sp³-hybridized carbons (Fsp3) is 0.250. The van der Waals surface area contributed by atoms with Crippen molar-refractivity contribution in [3.63, 3.8) is 0 Å². The van der Waals surface area contributed by atoms with E-state index in [2.05, 4.69) is 15.3 Å². The summed E-state index contributed by atoms with van der Waals surface area (Å²) in [5.74, 6) is -0.248. The van der Waals surface area contributed by atoms with Crippen molar-refractivity contribution in [2.24, 2.45) is 0 Å². The molecule has 1 heterocycles. The highest BCUT2D eigenvalue weighted by molar-refractivity contribution is 5.88. The number of para-hydroxylation sites is 1. The zero-order valence-electron chi connectivity index (χ0n) is 9.67. The minimum absolute atomic E-state index is 0.286. The van der Waals surface area contributed by atoms with Gasteiger partial charge in [-0.2, -0.15) is 0 Å². The summed E-state index contributed by atoms with van der Waals surface area (Å²) in [6.07, 6.45) is 1.49. The largest absolute Gasteiger partial charge is 0.480 e. The van der Waals surface area contributed by atoms with E-state index in [1.165, 1.54) is 6.33 Å². The first-order chi connectivity index (χ1) is 8.77. The minimum atomic E-state index is -0.970. The summed E-state index contributed by atoms with van der Waals surface area (Å²) in [5.41, 5.74) is 0.862. The molecule has 1 aromatic carbocycles. The maximum Gasteiger partial charge on any atom is 0.329 e. The number of carboxylic acids is 1. The third-order valence-corrected chi connectivity index (χ3v) is 2.31. The highest BCUT2D eigenvalue weighted by Gasteiger charge is 2.02. The third-order valence-electron chi connectivity index (χ3n) is 2.31. The maximum absolute atomic E-state index is 10.2. The molecule has 2 aromatic rings. The van der Waals surface area contributed by atoms with Crippen LogP contribution in [-0.4, -0.2) is 40.8 Å². The number of ether oxygens (including phenoxy) is 1. The predicted octanol–water partition coefficient (Wildman–Crippen LogP) is 1.14. The molecule has 0 saturated heterocycles. The molecule has 1 aromatic heterocycles. The van der Waals surface area contributed by atoms with Crippen LogP contribution in [-0.2, 0) is 9.53 Å². The van der Waals surface area contributed by atoms with Crippen molar-refractivity contribution in [2.75, 3.05) is 25.1 Å². The van der Waals surface area contributed by atoms with Gasteiger partial charge in [-0.15, -0.1) is 0 Å². The lowest BCUT2D eigenvalue weighted by molar-refractivity contribution is -0.142. The van der Waals surface area contributed by atoms with E-state index in [-0.39, 0.29) is 6.61 Å². The minimum Gasteiger partial charge on any atom is -0.480 e. The van der Waals surface area contributed by atoms with Crippen molar-refractivity contribution in [1.29, 1.82) is 0 Å². The molecule has 2 rings (SSSR count). The zero-order valence-corrected chi connectivity index (χ0v) is 9.67. The van der Waals surface area contributed by atoms with Gasteiger partial charge in [-0.1, -0.05) is 12.1 Å². The molecule has 0 unspecified atom stereocenters. The molecule has 18 heavy (non-hydrogen) atoms. The Kier molecular flexibility index (Phi) is 4.03. The van der Waals surface area contributed by atoms with E-state index in [9.17, 15) is 4.79 Å². The lowest BCUT2D eigenvalue weighted by Crippen LogP contribution is -2.14. The van der Waals surface area contributed by atoms with Crippen LogP contribution in [0, 0.1) is 0 Å². The van der Waals surface area contributed by atoms with Gasteiger partial charge in [0.05, 0.1) is 12.1 Å². The van der Waals surface area contributed by atoms with Crippen LogP contribution in [0.5, 0.6) is 0 Å². The van der Waals surface area contributed by atoms with Crippen LogP contribution in [0.3, 0.4) is 0 Å². The first kappa shape index (κ1) is 12.3. The molecule has 94 valence electrons. The Hall–Kier alpha value is -2.21. The molecular formula is C12H13N3O3. The van der Waals surface area contributed by atoms with E-state index < -0.39 is 5.97 Å². The monoisotopic (exact) mass is 247 g/mol. The molecule has 0 aliphatic rings. The van der Waals surface area contributed by atoms with Gasteiger partial charge in [0.15, 0.2) is 0 Å². The van der Waals surface area contributed by atoms with Gasteiger partial charge in [-0.3, -0.25) is 0 Å². The van der Waals surface area contributed by atoms with Crippen LogP contribution < -0.4 is 5.32 Å². The molecule has 0 fully saturated rings. The number of rotatable bonds is 6. The zero-order chi connectivity index (χ0) is 12.8. The van der Waals surface area contributed by atoms with Crippen molar-refractivity contribution in [3.8, 4) is 0 Å². The smallest absolute Gasteiger partial charge is 0.329 e. The number of aromatic nitrogens is 2. The molecule has 0 spiro atoms. The predicted molar refractivity (Wildman–Crippen MR) is 66.5 cm³/mol. The third kappa shape index (κ3) is 3.14. The van der Waals surface area contributed by atoms with Crippen molar-refractivity contribution in [3.05, 3.63) is 30.6 Å². The molecule has 2 N–H and O–H groups in total. The summed E-state index contributed by atoms with van der Waals surface area (Å²) >= 11 is 0. The Bertz CT molecular complexity index is 540. The molecule has 0 saturated carbocycles. The lowest BCUT2D eigenvalue weighted by atomic mass is 10.2. The van der Waals surface area contributed by atoms with Crippen LogP contribution in [0.2, 0.25) is 0 Å². The second-order valence-corrected chi connectivity index (χ2v) is 3.61. The Balaban J connectivity index is 1.93. The normalized spacial score (nSPS) is 10.4. The van der Waals surface area contributed by atoms with Gasteiger partial charge < -0.3 is 15.2 Å². The first-order valence-corrected chi connectivity index (χ1v) is 5.50. The molecule has 0 amide bonds. The fourth-order valence-corrected chi connectivity index (χ4v) is 1.55. The number of fused-ring (bicyclic) bond motifs is 1. The molecule has 0 atom stereocenters. The van der Waals surface area contributed by atoms with Gasteiger partial charge >= 0.3 is 5.97 Å². The van der Waals surface area contributed by atoms with Crippen LogP contribution >= 0.6 is 0 Å². The summed E-state index contributed by atoms with van der Waals surface area (Å²) in [6, 6.07) is 7.66. The SMILES string of the molecule is O=C(O)COCCNc1ncnc2ccccc12. The molecular weight excluding hydrogens is 234 g/mol. The first-order valence-electron chi connectivity index (χ1n) is 5.50. The molecule has 0 aliphatic heterocycles. The topological polar surface area (TPSA) is 84.3 Å². The van der Waals surface area contributed by atoms with Gasteiger partial charge in [-0.05, 0) is 12.1 Å². The van der Waals surface area contributed by atoms with Crippen LogP contribution in [0.25, 0.3) is 10.9 Å². The Labute approximate surface area is 104 Å². The van der Waals surface area contributed by atoms with Crippen LogP contribution in [0.4, 0.5) is 5.82 Å². The van der Waals surface area contributed by atoms with E-state index in [1.807, 2.05) is 24.3 Å². The Morgan fingerprint density at radius 2 is 2.17 bits per heavy atom. The van der Waals surface area contributed by atoms with Gasteiger partial charge in [0.1, 0.15) is 18.8 Å². The van der Waals surface area contributed by atoms with Crippen molar-refractivity contribution >= 4 is 22.7 Å². The standard InChI is InChI=1S/C12H13N3O3/c16-11(17)7-18-6-5-13-12-9-3-1-2-4-10(9)14-8-15-12/h1-4,8H,5-7H2,(H,16,17)(H,13,14,15). The summed E-state index contributed by atoms with van der Waals surface area (Å²) in [5, 5.41) is 12.4. The Morgan fingerprint density at radius 3 is 3.00 bits per heavy atom. The summed E-state index contributed by atoms with van der Waals surface area (Å²) < 4.78 is 4.92. The molecule has 0 radical (unpaired) electrons. The molecule has 6 heteroatoms. The number of nitrogens with zero attached hydrogens (tertiary/aromatic N) is 2. The van der Waals surface area contributed by atoms with Crippen molar-refractivity contribution in [1.82, 2.24) is 9.97 Å². The fourth-order valence-electron chi connectivity index (χ4n) is 1.55. The summed E-state index contributed by atoms with van der Waals surface area (Å²) in [6.45, 7) is 0.519. The molecule has 0 bridgehead atoms. The molecule has 6 nitrogen and oxygen atoms in total. The number of carbonyl (C=O) groups is 1. The molecule has 0 aliphatic carbocycles. The van der Waals surface area contributed by atoms with E-state index in [1.54, 1.807) is 0 Å². The highest BCUT2D eigenvalue weighted by Crippen LogP contribution is 2.17. The van der Waals surface area contributed by atoms with Gasteiger partial charge in [-0.25, -0.2) is 14.8 Å². The number of nitrogens with one attached hydrogen (secondary N) is 1. The number of anilines is 1. The van der Waals surface area contributed by atoms with Crippen molar-refractivity contribution in [2.45, 2.75) is 0 Å². The van der Waals surface area contributed by atoms with E-state index in [4.69, 9.17) is 9.84 Å². The number of aliphatic carboxylic acids is 1. The summed E-state index contributed by atoms with van der Waals surface area (Å²) in [4.78, 5) is 18.5. The summed E-state index contributed by atoms with van der Waals surface area (Å²) in [7, 11) is 0. The highest BCUT2D eigenvalue weighted by atomic mass is 16.5. The van der Waals surface area contributed by atoms with E-state index in [0.717, 1.165) is 16.7 Å². The number of benzene rings is 1. The maximum atomic E-state index is 10.2.